The first kappa shape index (κ1) is 19.9. The molecule has 0 spiro atoms. The monoisotopic (exact) mass is 395 g/mol. The van der Waals surface area contributed by atoms with Crippen molar-refractivity contribution >= 4 is 11.6 Å². The Hall–Kier alpha value is -2.40. The number of nitrogens with zero attached hydrogens (tertiary/aromatic N) is 2. The quantitative estimate of drug-likeness (QED) is 0.850. The van der Waals surface area contributed by atoms with Crippen molar-refractivity contribution < 1.29 is 9.18 Å². The maximum absolute atomic E-state index is 14.0. The largest absolute Gasteiger partial charge is 0.369 e. The van der Waals surface area contributed by atoms with Gasteiger partial charge in [-0.1, -0.05) is 29.8 Å². The Labute approximate surface area is 172 Å². The number of rotatable bonds is 4. The van der Waals surface area contributed by atoms with Gasteiger partial charge in [-0.2, -0.15) is 0 Å². The Balaban J connectivity index is 1.23. The number of likely N-dealkylation sites (tertiary alicyclic amines) is 1. The molecule has 4 nitrogen and oxygen atoms in total. The van der Waals surface area contributed by atoms with Gasteiger partial charge in [-0.05, 0) is 56.9 Å². The summed E-state index contributed by atoms with van der Waals surface area (Å²) in [5.74, 6) is 0.00571. The predicted octanol–water partition coefficient (Wildman–Crippen LogP) is 4.00. The highest BCUT2D eigenvalue weighted by Gasteiger charge is 2.27. The molecule has 0 aromatic heterocycles. The molecule has 2 heterocycles. The van der Waals surface area contributed by atoms with Crippen molar-refractivity contribution in [2.24, 2.45) is 0 Å². The van der Waals surface area contributed by atoms with Crippen molar-refractivity contribution in [2.75, 3.05) is 31.1 Å². The van der Waals surface area contributed by atoms with Crippen LogP contribution in [0.4, 0.5) is 10.1 Å². The molecule has 2 aromatic carbocycles. The van der Waals surface area contributed by atoms with E-state index >= 15 is 0 Å². The highest BCUT2D eigenvalue weighted by atomic mass is 19.1. The zero-order valence-electron chi connectivity index (χ0n) is 17.1. The van der Waals surface area contributed by atoms with E-state index in [-0.39, 0.29) is 11.7 Å². The number of para-hydroxylation sites is 1. The minimum atomic E-state index is -0.135. The summed E-state index contributed by atoms with van der Waals surface area (Å²) in [6.45, 7) is 5.40. The molecule has 2 aliphatic rings. The molecule has 29 heavy (non-hydrogen) atoms. The van der Waals surface area contributed by atoms with Crippen molar-refractivity contribution in [1.82, 2.24) is 10.2 Å². The zero-order chi connectivity index (χ0) is 20.2. The minimum absolute atomic E-state index is 0.135. The number of anilines is 1. The number of nitrogens with one attached hydrogen (secondary N) is 1. The zero-order valence-corrected chi connectivity index (χ0v) is 17.1. The molecule has 0 unspecified atom stereocenters. The first-order chi connectivity index (χ1) is 14.1. The third-order valence-corrected chi connectivity index (χ3v) is 6.24. The van der Waals surface area contributed by atoms with Crippen LogP contribution in [-0.4, -0.2) is 49.1 Å². The van der Waals surface area contributed by atoms with Gasteiger partial charge in [-0.15, -0.1) is 0 Å². The first-order valence-corrected chi connectivity index (χ1v) is 10.7. The second-order valence-electron chi connectivity index (χ2n) is 8.31. The standard InChI is InChI=1S/C24H30FN3O/c1-18-6-8-19(9-7-18)24(29)28-16-12-21(13-17-28)26-20-10-14-27(15-11-20)23-5-3-2-4-22(23)25/h2-9,20-21,26H,10-17H2,1H3. The van der Waals surface area contributed by atoms with Gasteiger partial charge in [0, 0.05) is 43.8 Å². The van der Waals surface area contributed by atoms with Crippen LogP contribution in [0.3, 0.4) is 0 Å². The van der Waals surface area contributed by atoms with Gasteiger partial charge in [-0.25, -0.2) is 4.39 Å². The summed E-state index contributed by atoms with van der Waals surface area (Å²) in [5, 5.41) is 3.79. The van der Waals surface area contributed by atoms with Gasteiger partial charge in [0.2, 0.25) is 0 Å². The van der Waals surface area contributed by atoms with Gasteiger partial charge in [-0.3, -0.25) is 4.79 Å². The number of aryl methyl sites for hydroxylation is 1. The van der Waals surface area contributed by atoms with Crippen LogP contribution in [0.15, 0.2) is 48.5 Å². The van der Waals surface area contributed by atoms with E-state index in [0.717, 1.165) is 57.4 Å². The van der Waals surface area contributed by atoms with Crippen molar-refractivity contribution in [3.8, 4) is 0 Å². The molecule has 0 radical (unpaired) electrons. The molecule has 0 aliphatic carbocycles. The lowest BCUT2D eigenvalue weighted by atomic mass is 9.98. The van der Waals surface area contributed by atoms with Crippen LogP contribution >= 0.6 is 0 Å². The SMILES string of the molecule is Cc1ccc(C(=O)N2CCC(NC3CCN(c4ccccc4F)CC3)CC2)cc1. The Morgan fingerprint density at radius 1 is 0.897 bits per heavy atom. The lowest BCUT2D eigenvalue weighted by Crippen LogP contribution is -2.50. The lowest BCUT2D eigenvalue weighted by Gasteiger charge is -2.38. The summed E-state index contributed by atoms with van der Waals surface area (Å²) >= 11 is 0. The number of hydrogen-bond acceptors (Lipinski definition) is 3. The summed E-state index contributed by atoms with van der Waals surface area (Å²) in [6.07, 6.45) is 4.03. The third-order valence-electron chi connectivity index (χ3n) is 6.24. The van der Waals surface area contributed by atoms with Crippen molar-refractivity contribution in [1.29, 1.82) is 0 Å². The van der Waals surface area contributed by atoms with E-state index < -0.39 is 0 Å². The second kappa shape index (κ2) is 8.95. The predicted molar refractivity (Wildman–Crippen MR) is 115 cm³/mol. The van der Waals surface area contributed by atoms with Gasteiger partial charge in [0.1, 0.15) is 5.82 Å². The highest BCUT2D eigenvalue weighted by molar-refractivity contribution is 5.94. The van der Waals surface area contributed by atoms with Crippen LogP contribution < -0.4 is 10.2 Å². The van der Waals surface area contributed by atoms with Crippen molar-refractivity contribution in [2.45, 2.75) is 44.7 Å². The molecular formula is C24H30FN3O. The summed E-state index contributed by atoms with van der Waals surface area (Å²) in [5.41, 5.74) is 2.67. The van der Waals surface area contributed by atoms with E-state index in [4.69, 9.17) is 0 Å². The number of carbonyl (C=O) groups is 1. The molecule has 2 saturated heterocycles. The normalized spacial score (nSPS) is 18.8. The molecule has 4 rings (SSSR count). The average molecular weight is 396 g/mol. The molecule has 2 aromatic rings. The summed E-state index contributed by atoms with van der Waals surface area (Å²) in [6, 6.07) is 15.8. The molecule has 0 saturated carbocycles. The van der Waals surface area contributed by atoms with E-state index in [1.807, 2.05) is 48.2 Å². The molecular weight excluding hydrogens is 365 g/mol. The Morgan fingerprint density at radius 3 is 2.10 bits per heavy atom. The van der Waals surface area contributed by atoms with Gasteiger partial charge in [0.15, 0.2) is 0 Å². The number of carbonyl (C=O) groups excluding carboxylic acids is 1. The van der Waals surface area contributed by atoms with Gasteiger partial charge in [0.25, 0.3) is 5.91 Å². The minimum Gasteiger partial charge on any atom is -0.369 e. The first-order valence-electron chi connectivity index (χ1n) is 10.7. The molecule has 1 N–H and O–H groups in total. The summed E-state index contributed by atoms with van der Waals surface area (Å²) in [4.78, 5) is 16.8. The fourth-order valence-electron chi connectivity index (χ4n) is 4.46. The second-order valence-corrected chi connectivity index (χ2v) is 8.31. The van der Waals surface area contributed by atoms with Crippen LogP contribution in [0.2, 0.25) is 0 Å². The smallest absolute Gasteiger partial charge is 0.253 e. The molecule has 1 amide bonds. The van der Waals surface area contributed by atoms with E-state index in [1.165, 1.54) is 11.6 Å². The Morgan fingerprint density at radius 2 is 1.48 bits per heavy atom. The Bertz CT molecular complexity index is 822. The number of hydrogen-bond donors (Lipinski definition) is 1. The number of amides is 1. The topological polar surface area (TPSA) is 35.6 Å². The number of halogens is 1. The van der Waals surface area contributed by atoms with E-state index in [9.17, 15) is 9.18 Å². The summed E-state index contributed by atoms with van der Waals surface area (Å²) < 4.78 is 14.0. The highest BCUT2D eigenvalue weighted by Crippen LogP contribution is 2.24. The molecule has 154 valence electrons. The third kappa shape index (κ3) is 4.78. The lowest BCUT2D eigenvalue weighted by molar-refractivity contribution is 0.0700. The fourth-order valence-corrected chi connectivity index (χ4v) is 4.46. The average Bonchev–Trinajstić information content (AvgIpc) is 2.75. The van der Waals surface area contributed by atoms with Crippen LogP contribution in [0.5, 0.6) is 0 Å². The molecule has 0 atom stereocenters. The summed E-state index contributed by atoms with van der Waals surface area (Å²) in [7, 11) is 0. The number of piperidine rings is 2. The molecule has 5 heteroatoms. The van der Waals surface area contributed by atoms with Crippen LogP contribution in [0.25, 0.3) is 0 Å². The molecule has 2 fully saturated rings. The van der Waals surface area contributed by atoms with Crippen LogP contribution in [0, 0.1) is 12.7 Å². The maximum Gasteiger partial charge on any atom is 0.253 e. The van der Waals surface area contributed by atoms with Crippen LogP contribution in [-0.2, 0) is 0 Å². The maximum atomic E-state index is 14.0. The van der Waals surface area contributed by atoms with Gasteiger partial charge < -0.3 is 15.1 Å². The van der Waals surface area contributed by atoms with E-state index in [0.29, 0.717) is 17.8 Å². The Kier molecular flexibility index (Phi) is 6.14. The van der Waals surface area contributed by atoms with Crippen molar-refractivity contribution in [3.63, 3.8) is 0 Å². The van der Waals surface area contributed by atoms with E-state index in [2.05, 4.69) is 10.2 Å². The number of benzene rings is 2. The molecule has 0 bridgehead atoms. The fraction of sp³-hybridized carbons (Fsp3) is 0.458. The molecule has 2 aliphatic heterocycles. The van der Waals surface area contributed by atoms with Crippen LogP contribution in [0.1, 0.15) is 41.6 Å². The van der Waals surface area contributed by atoms with Gasteiger partial charge in [0.05, 0.1) is 5.69 Å². The van der Waals surface area contributed by atoms with Gasteiger partial charge >= 0.3 is 0 Å². The van der Waals surface area contributed by atoms with Crippen molar-refractivity contribution in [3.05, 3.63) is 65.5 Å². The van der Waals surface area contributed by atoms with E-state index in [1.54, 1.807) is 6.07 Å².